The second-order valence-electron chi connectivity index (χ2n) is 3.99. The van der Waals surface area contributed by atoms with E-state index in [4.69, 9.17) is 0 Å². The fourth-order valence-electron chi connectivity index (χ4n) is 1.61. The molecule has 2 heteroatoms. The highest BCUT2D eigenvalue weighted by Gasteiger charge is 2.13. The summed E-state index contributed by atoms with van der Waals surface area (Å²) in [5.74, 6) is 0. The first-order chi connectivity index (χ1) is 7.24. The molecule has 2 nitrogen and oxygen atoms in total. The first kappa shape index (κ1) is 12.2. The Balaban J connectivity index is 2.51. The molecule has 1 aromatic rings. The topological polar surface area (TPSA) is 32.3 Å². The van der Waals surface area contributed by atoms with Crippen molar-refractivity contribution in [3.05, 3.63) is 35.9 Å². The molecule has 0 aliphatic rings. The van der Waals surface area contributed by atoms with E-state index in [0.717, 1.165) is 19.4 Å². The minimum atomic E-state index is -0.309. The zero-order valence-corrected chi connectivity index (χ0v) is 9.61. The van der Waals surface area contributed by atoms with E-state index in [0.29, 0.717) is 0 Å². The molecule has 0 spiro atoms. The summed E-state index contributed by atoms with van der Waals surface area (Å²) in [6, 6.07) is 10.4. The van der Waals surface area contributed by atoms with Crippen molar-refractivity contribution in [2.75, 3.05) is 6.54 Å². The lowest BCUT2D eigenvalue weighted by Gasteiger charge is -2.21. The smallest absolute Gasteiger partial charge is 0.0668 e. The molecule has 2 atom stereocenters. The van der Waals surface area contributed by atoms with Gasteiger partial charge in [-0.3, -0.25) is 0 Å². The van der Waals surface area contributed by atoms with E-state index in [-0.39, 0.29) is 12.1 Å². The Labute approximate surface area is 92.3 Å². The van der Waals surface area contributed by atoms with Crippen molar-refractivity contribution < 1.29 is 5.11 Å². The molecule has 0 amide bonds. The van der Waals surface area contributed by atoms with Crippen LogP contribution in [0.15, 0.2) is 30.3 Å². The van der Waals surface area contributed by atoms with Gasteiger partial charge < -0.3 is 10.4 Å². The molecule has 0 aromatic heterocycles. The third-order valence-electron chi connectivity index (χ3n) is 2.54. The van der Waals surface area contributed by atoms with Crippen LogP contribution in [0.3, 0.4) is 0 Å². The summed E-state index contributed by atoms with van der Waals surface area (Å²) in [4.78, 5) is 0. The standard InChI is InChI=1S/C13H21NO/c1-3-9-14-13(11(2)15)10-12-7-5-4-6-8-12/h4-8,11,13-15H,3,9-10H2,1-2H3. The highest BCUT2D eigenvalue weighted by atomic mass is 16.3. The Hall–Kier alpha value is -0.860. The van der Waals surface area contributed by atoms with E-state index < -0.39 is 0 Å². The number of rotatable bonds is 6. The van der Waals surface area contributed by atoms with Gasteiger partial charge in [0.2, 0.25) is 0 Å². The van der Waals surface area contributed by atoms with Crippen LogP contribution in [0.1, 0.15) is 25.8 Å². The van der Waals surface area contributed by atoms with Gasteiger partial charge in [-0.25, -0.2) is 0 Å². The van der Waals surface area contributed by atoms with Crippen LogP contribution in [0, 0.1) is 0 Å². The fourth-order valence-corrected chi connectivity index (χ4v) is 1.61. The number of hydrogen-bond acceptors (Lipinski definition) is 2. The number of aliphatic hydroxyl groups is 1. The van der Waals surface area contributed by atoms with Crippen LogP contribution in [0.5, 0.6) is 0 Å². The molecule has 1 rings (SSSR count). The largest absolute Gasteiger partial charge is 0.392 e. The van der Waals surface area contributed by atoms with Gasteiger partial charge in [0.05, 0.1) is 6.10 Å². The predicted octanol–water partition coefficient (Wildman–Crippen LogP) is 1.98. The maximum Gasteiger partial charge on any atom is 0.0668 e. The van der Waals surface area contributed by atoms with Crippen molar-refractivity contribution in [2.24, 2.45) is 0 Å². The lowest BCUT2D eigenvalue weighted by Crippen LogP contribution is -2.40. The molecule has 0 radical (unpaired) electrons. The fraction of sp³-hybridized carbons (Fsp3) is 0.538. The monoisotopic (exact) mass is 207 g/mol. The average Bonchev–Trinajstić information content (AvgIpc) is 2.25. The van der Waals surface area contributed by atoms with Crippen LogP contribution in [0.25, 0.3) is 0 Å². The van der Waals surface area contributed by atoms with Gasteiger partial charge in [0.25, 0.3) is 0 Å². The van der Waals surface area contributed by atoms with Crippen molar-refractivity contribution in [1.82, 2.24) is 5.32 Å². The Morgan fingerprint density at radius 2 is 1.93 bits per heavy atom. The lowest BCUT2D eigenvalue weighted by atomic mass is 10.0. The first-order valence-electron chi connectivity index (χ1n) is 5.69. The SMILES string of the molecule is CCCNC(Cc1ccccc1)C(C)O. The van der Waals surface area contributed by atoms with Crippen LogP contribution < -0.4 is 5.32 Å². The normalized spacial score (nSPS) is 14.9. The van der Waals surface area contributed by atoms with E-state index >= 15 is 0 Å². The van der Waals surface area contributed by atoms with Gasteiger partial charge in [-0.05, 0) is 31.9 Å². The van der Waals surface area contributed by atoms with Gasteiger partial charge in [-0.1, -0.05) is 37.3 Å². The zero-order valence-electron chi connectivity index (χ0n) is 9.61. The molecule has 0 heterocycles. The highest BCUT2D eigenvalue weighted by molar-refractivity contribution is 5.16. The van der Waals surface area contributed by atoms with E-state index in [1.807, 2.05) is 25.1 Å². The molecule has 1 aromatic carbocycles. The van der Waals surface area contributed by atoms with Gasteiger partial charge in [0.15, 0.2) is 0 Å². The van der Waals surface area contributed by atoms with Crippen molar-refractivity contribution in [2.45, 2.75) is 38.8 Å². The number of hydrogen-bond donors (Lipinski definition) is 2. The maximum absolute atomic E-state index is 9.64. The Morgan fingerprint density at radius 1 is 1.27 bits per heavy atom. The Kier molecular flexibility index (Phi) is 5.37. The van der Waals surface area contributed by atoms with Crippen LogP contribution in [0.2, 0.25) is 0 Å². The van der Waals surface area contributed by atoms with Crippen molar-refractivity contribution in [1.29, 1.82) is 0 Å². The molecule has 0 aliphatic carbocycles. The van der Waals surface area contributed by atoms with E-state index in [2.05, 4.69) is 24.4 Å². The average molecular weight is 207 g/mol. The summed E-state index contributed by atoms with van der Waals surface area (Å²) >= 11 is 0. The Bertz CT molecular complexity index is 258. The third-order valence-corrected chi connectivity index (χ3v) is 2.54. The Morgan fingerprint density at radius 3 is 2.47 bits per heavy atom. The zero-order chi connectivity index (χ0) is 11.1. The van der Waals surface area contributed by atoms with Crippen molar-refractivity contribution in [3.63, 3.8) is 0 Å². The van der Waals surface area contributed by atoms with E-state index in [9.17, 15) is 5.11 Å². The summed E-state index contributed by atoms with van der Waals surface area (Å²) in [5.41, 5.74) is 1.27. The number of benzene rings is 1. The molecule has 84 valence electrons. The molecule has 0 bridgehead atoms. The second-order valence-corrected chi connectivity index (χ2v) is 3.99. The van der Waals surface area contributed by atoms with E-state index in [1.165, 1.54) is 5.56 Å². The summed E-state index contributed by atoms with van der Waals surface area (Å²) in [5, 5.41) is 13.0. The molecule has 2 unspecified atom stereocenters. The molecule has 2 N–H and O–H groups in total. The molecular formula is C13H21NO. The molecule has 0 saturated carbocycles. The summed E-state index contributed by atoms with van der Waals surface area (Å²) in [7, 11) is 0. The van der Waals surface area contributed by atoms with Gasteiger partial charge >= 0.3 is 0 Å². The van der Waals surface area contributed by atoms with Gasteiger partial charge in [0.1, 0.15) is 0 Å². The summed E-state index contributed by atoms with van der Waals surface area (Å²) in [6.07, 6.45) is 1.67. The van der Waals surface area contributed by atoms with Crippen molar-refractivity contribution >= 4 is 0 Å². The van der Waals surface area contributed by atoms with Gasteiger partial charge in [0, 0.05) is 6.04 Å². The number of nitrogens with one attached hydrogen (secondary N) is 1. The summed E-state index contributed by atoms with van der Waals surface area (Å²) < 4.78 is 0. The molecule has 0 aliphatic heterocycles. The van der Waals surface area contributed by atoms with Crippen molar-refractivity contribution in [3.8, 4) is 0 Å². The van der Waals surface area contributed by atoms with Gasteiger partial charge in [-0.15, -0.1) is 0 Å². The molecule has 15 heavy (non-hydrogen) atoms. The van der Waals surface area contributed by atoms with Crippen LogP contribution in [-0.2, 0) is 6.42 Å². The molecule has 0 fully saturated rings. The van der Waals surface area contributed by atoms with Crippen LogP contribution in [-0.4, -0.2) is 23.8 Å². The minimum Gasteiger partial charge on any atom is -0.392 e. The van der Waals surface area contributed by atoms with Gasteiger partial charge in [-0.2, -0.15) is 0 Å². The minimum absolute atomic E-state index is 0.160. The third kappa shape index (κ3) is 4.45. The first-order valence-corrected chi connectivity index (χ1v) is 5.69. The maximum atomic E-state index is 9.64. The molecular weight excluding hydrogens is 186 g/mol. The molecule has 0 saturated heterocycles. The second kappa shape index (κ2) is 6.59. The predicted molar refractivity (Wildman–Crippen MR) is 63.9 cm³/mol. The van der Waals surface area contributed by atoms with Crippen LogP contribution in [0.4, 0.5) is 0 Å². The quantitative estimate of drug-likeness (QED) is 0.747. The highest BCUT2D eigenvalue weighted by Crippen LogP contribution is 2.06. The van der Waals surface area contributed by atoms with Crippen LogP contribution >= 0.6 is 0 Å². The number of aliphatic hydroxyl groups excluding tert-OH is 1. The lowest BCUT2D eigenvalue weighted by molar-refractivity contribution is 0.145. The summed E-state index contributed by atoms with van der Waals surface area (Å²) in [6.45, 7) is 4.94. The van der Waals surface area contributed by atoms with E-state index in [1.54, 1.807) is 0 Å².